The van der Waals surface area contributed by atoms with Gasteiger partial charge >= 0.3 is 5.97 Å². The van der Waals surface area contributed by atoms with E-state index in [-0.39, 0.29) is 12.1 Å². The lowest BCUT2D eigenvalue weighted by Gasteiger charge is -2.11. The molecule has 0 aliphatic carbocycles. The second-order valence-corrected chi connectivity index (χ2v) is 7.37. The average Bonchev–Trinajstić information content (AvgIpc) is 2.26. The van der Waals surface area contributed by atoms with Crippen LogP contribution < -0.4 is 0 Å². The number of ether oxygens (including phenoxy) is 1. The maximum atomic E-state index is 11.7. The van der Waals surface area contributed by atoms with Crippen LogP contribution in [0.3, 0.4) is 0 Å². The Morgan fingerprint density at radius 1 is 1.22 bits per heavy atom. The SMILES string of the molecule is CC(C)OC(=O)Cc1ccccc1SSC(C)C. The van der Waals surface area contributed by atoms with Gasteiger partial charge in [0.15, 0.2) is 0 Å². The molecule has 0 radical (unpaired) electrons. The largest absolute Gasteiger partial charge is 0.463 e. The highest BCUT2D eigenvalue weighted by molar-refractivity contribution is 8.76. The van der Waals surface area contributed by atoms with Crippen LogP contribution in [0.1, 0.15) is 33.3 Å². The van der Waals surface area contributed by atoms with Crippen molar-refractivity contribution in [2.45, 2.75) is 50.4 Å². The van der Waals surface area contributed by atoms with Crippen molar-refractivity contribution >= 4 is 27.6 Å². The zero-order valence-electron chi connectivity index (χ0n) is 11.3. The first-order chi connectivity index (χ1) is 8.49. The number of rotatable bonds is 6. The first-order valence-electron chi connectivity index (χ1n) is 6.09. The van der Waals surface area contributed by atoms with Gasteiger partial charge in [0.1, 0.15) is 0 Å². The van der Waals surface area contributed by atoms with Crippen LogP contribution in [-0.4, -0.2) is 17.3 Å². The number of esters is 1. The molecule has 18 heavy (non-hydrogen) atoms. The predicted octanol–water partition coefficient (Wildman–Crippen LogP) is 4.33. The highest BCUT2D eigenvalue weighted by atomic mass is 33.1. The van der Waals surface area contributed by atoms with Crippen LogP contribution in [-0.2, 0) is 16.0 Å². The molecule has 0 atom stereocenters. The molecule has 0 spiro atoms. The first-order valence-corrected chi connectivity index (χ1v) is 8.31. The molecule has 0 heterocycles. The summed E-state index contributed by atoms with van der Waals surface area (Å²) in [7, 11) is 3.53. The number of benzene rings is 1. The minimum absolute atomic E-state index is 0.0534. The normalized spacial score (nSPS) is 11.0. The molecule has 100 valence electrons. The van der Waals surface area contributed by atoms with Crippen molar-refractivity contribution < 1.29 is 9.53 Å². The third-order valence-electron chi connectivity index (χ3n) is 2.00. The van der Waals surface area contributed by atoms with Crippen molar-refractivity contribution in [2.75, 3.05) is 0 Å². The van der Waals surface area contributed by atoms with Crippen molar-refractivity contribution in [1.29, 1.82) is 0 Å². The fraction of sp³-hybridized carbons (Fsp3) is 0.500. The summed E-state index contributed by atoms with van der Waals surface area (Å²) in [5, 5.41) is 0.561. The van der Waals surface area contributed by atoms with Crippen LogP contribution in [0.4, 0.5) is 0 Å². The van der Waals surface area contributed by atoms with Gasteiger partial charge in [-0.25, -0.2) is 0 Å². The standard InChI is InChI=1S/C14H20O2S2/c1-10(2)16-14(15)9-12-7-5-6-8-13(12)18-17-11(3)4/h5-8,10-11H,9H2,1-4H3. The summed E-state index contributed by atoms with van der Waals surface area (Å²) in [4.78, 5) is 12.8. The molecule has 0 bridgehead atoms. The molecule has 0 aromatic heterocycles. The topological polar surface area (TPSA) is 26.3 Å². The van der Waals surface area contributed by atoms with E-state index < -0.39 is 0 Å². The molecule has 2 nitrogen and oxygen atoms in total. The van der Waals surface area contributed by atoms with Crippen molar-refractivity contribution in [3.05, 3.63) is 29.8 Å². The lowest BCUT2D eigenvalue weighted by Crippen LogP contribution is -2.13. The highest BCUT2D eigenvalue weighted by Gasteiger charge is 2.11. The van der Waals surface area contributed by atoms with Gasteiger partial charge in [-0.15, -0.1) is 0 Å². The number of carbonyl (C=O) groups is 1. The van der Waals surface area contributed by atoms with E-state index in [1.165, 1.54) is 0 Å². The molecule has 1 aromatic rings. The lowest BCUT2D eigenvalue weighted by molar-refractivity contribution is -0.146. The summed E-state index contributed by atoms with van der Waals surface area (Å²) >= 11 is 0. The molecule has 0 fully saturated rings. The van der Waals surface area contributed by atoms with Crippen molar-refractivity contribution in [2.24, 2.45) is 0 Å². The highest BCUT2D eigenvalue weighted by Crippen LogP contribution is 2.36. The van der Waals surface area contributed by atoms with Gasteiger partial charge in [0, 0.05) is 10.1 Å². The van der Waals surface area contributed by atoms with E-state index in [1.807, 2.05) is 32.0 Å². The summed E-state index contributed by atoms with van der Waals surface area (Å²) < 4.78 is 5.18. The van der Waals surface area contributed by atoms with E-state index in [2.05, 4.69) is 19.9 Å². The summed E-state index contributed by atoms with van der Waals surface area (Å²) in [5.74, 6) is -0.160. The first kappa shape index (κ1) is 15.4. The Labute approximate surface area is 117 Å². The Bertz CT molecular complexity index is 389. The number of carbonyl (C=O) groups excluding carboxylic acids is 1. The van der Waals surface area contributed by atoms with Crippen molar-refractivity contribution in [3.8, 4) is 0 Å². The third-order valence-corrected chi connectivity index (χ3v) is 5.05. The van der Waals surface area contributed by atoms with E-state index in [1.54, 1.807) is 21.6 Å². The Hall–Kier alpha value is -0.610. The molecule has 1 rings (SSSR count). The molecule has 0 amide bonds. The Balaban J connectivity index is 2.66. The van der Waals surface area contributed by atoms with E-state index in [9.17, 15) is 4.79 Å². The zero-order valence-corrected chi connectivity index (χ0v) is 12.9. The monoisotopic (exact) mass is 284 g/mol. The van der Waals surface area contributed by atoms with Crippen LogP contribution in [0.2, 0.25) is 0 Å². The van der Waals surface area contributed by atoms with Crippen LogP contribution >= 0.6 is 21.6 Å². The molecule has 0 saturated heterocycles. The van der Waals surface area contributed by atoms with E-state index in [4.69, 9.17) is 4.74 Å². The van der Waals surface area contributed by atoms with Gasteiger partial charge in [-0.2, -0.15) is 0 Å². The van der Waals surface area contributed by atoms with Crippen LogP contribution in [0.5, 0.6) is 0 Å². The summed E-state index contributed by atoms with van der Waals surface area (Å²) in [6, 6.07) is 8.01. The van der Waals surface area contributed by atoms with Crippen molar-refractivity contribution in [3.63, 3.8) is 0 Å². The molecule has 4 heteroatoms. The number of hydrogen-bond acceptors (Lipinski definition) is 4. The van der Waals surface area contributed by atoms with E-state index in [0.717, 1.165) is 10.5 Å². The van der Waals surface area contributed by atoms with Gasteiger partial charge in [-0.05, 0) is 25.5 Å². The van der Waals surface area contributed by atoms with Crippen LogP contribution in [0, 0.1) is 0 Å². The fourth-order valence-electron chi connectivity index (χ4n) is 1.34. The van der Waals surface area contributed by atoms with Gasteiger partial charge in [0.25, 0.3) is 0 Å². The number of hydrogen-bond donors (Lipinski definition) is 0. The summed E-state index contributed by atoms with van der Waals surface area (Å²) in [6.45, 7) is 8.06. The molecule has 0 aliphatic rings. The second-order valence-electron chi connectivity index (χ2n) is 4.55. The third kappa shape index (κ3) is 5.83. The Morgan fingerprint density at radius 3 is 2.50 bits per heavy atom. The molecule has 0 saturated carbocycles. The smallest absolute Gasteiger partial charge is 0.310 e. The van der Waals surface area contributed by atoms with Gasteiger partial charge in [-0.3, -0.25) is 4.79 Å². The lowest BCUT2D eigenvalue weighted by atomic mass is 10.1. The Kier molecular flexibility index (Phi) is 6.65. The fourth-order valence-corrected chi connectivity index (χ4v) is 3.39. The van der Waals surface area contributed by atoms with Gasteiger partial charge in [-0.1, -0.05) is 53.6 Å². The summed E-state index contributed by atoms with van der Waals surface area (Å²) in [5.41, 5.74) is 1.04. The van der Waals surface area contributed by atoms with Gasteiger partial charge in [0.2, 0.25) is 0 Å². The zero-order chi connectivity index (χ0) is 13.5. The minimum atomic E-state index is -0.160. The molecular formula is C14H20O2S2. The minimum Gasteiger partial charge on any atom is -0.463 e. The molecule has 0 unspecified atom stereocenters. The maximum absolute atomic E-state index is 11.7. The van der Waals surface area contributed by atoms with Gasteiger partial charge in [0.05, 0.1) is 12.5 Å². The average molecular weight is 284 g/mol. The summed E-state index contributed by atoms with van der Waals surface area (Å²) in [6.07, 6.45) is 0.294. The van der Waals surface area contributed by atoms with E-state index >= 15 is 0 Å². The molecule has 0 aliphatic heterocycles. The van der Waals surface area contributed by atoms with Crippen molar-refractivity contribution in [1.82, 2.24) is 0 Å². The predicted molar refractivity (Wildman–Crippen MR) is 80.0 cm³/mol. The quantitative estimate of drug-likeness (QED) is 0.574. The van der Waals surface area contributed by atoms with Gasteiger partial charge < -0.3 is 4.74 Å². The Morgan fingerprint density at radius 2 is 1.89 bits per heavy atom. The van der Waals surface area contributed by atoms with E-state index in [0.29, 0.717) is 11.7 Å². The van der Waals surface area contributed by atoms with Crippen LogP contribution in [0.25, 0.3) is 0 Å². The molecule has 0 N–H and O–H groups in total. The molecular weight excluding hydrogens is 264 g/mol. The second kappa shape index (κ2) is 7.74. The van der Waals surface area contributed by atoms with Crippen LogP contribution in [0.15, 0.2) is 29.2 Å². The molecule has 1 aromatic carbocycles. The maximum Gasteiger partial charge on any atom is 0.310 e.